The van der Waals surface area contributed by atoms with Crippen molar-refractivity contribution in [1.82, 2.24) is 0 Å². The summed E-state index contributed by atoms with van der Waals surface area (Å²) in [5.41, 5.74) is 1.29. The van der Waals surface area contributed by atoms with Crippen molar-refractivity contribution in [2.75, 3.05) is 13.2 Å². The van der Waals surface area contributed by atoms with E-state index in [1.165, 1.54) is 5.71 Å². The van der Waals surface area contributed by atoms with Gasteiger partial charge < -0.3 is 9.57 Å². The minimum absolute atomic E-state index is 0.0936. The van der Waals surface area contributed by atoms with Gasteiger partial charge in [0.25, 0.3) is 0 Å². The fraction of sp³-hybridized carbons (Fsp3) is 0.900. The Hall–Kier alpha value is -0.570. The lowest BCUT2D eigenvalue weighted by molar-refractivity contribution is 0.00476. The highest BCUT2D eigenvalue weighted by molar-refractivity contribution is 5.98. The van der Waals surface area contributed by atoms with Crippen LogP contribution in [0.3, 0.4) is 0 Å². The highest BCUT2D eigenvalue weighted by Crippen LogP contribution is 2.49. The third-order valence-corrected chi connectivity index (χ3v) is 3.11. The highest BCUT2D eigenvalue weighted by Gasteiger charge is 2.57. The van der Waals surface area contributed by atoms with Gasteiger partial charge in [0.1, 0.15) is 6.61 Å². The van der Waals surface area contributed by atoms with Crippen molar-refractivity contribution in [2.24, 2.45) is 16.5 Å². The summed E-state index contributed by atoms with van der Waals surface area (Å²) in [7, 11) is 0. The number of fused-ring (bicyclic) bond motifs is 1. The number of nitrogens with zero attached hydrogens (tertiary/aromatic N) is 1. The van der Waals surface area contributed by atoms with Gasteiger partial charge in [0.05, 0.1) is 11.8 Å². The maximum Gasteiger partial charge on any atom is 0.114 e. The molecular weight excluding hydrogens is 166 g/mol. The molecule has 0 radical (unpaired) electrons. The molecule has 1 saturated heterocycles. The molecule has 2 atom stereocenters. The van der Waals surface area contributed by atoms with Crippen LogP contribution in [0, 0.1) is 11.3 Å². The maximum atomic E-state index is 5.64. The number of oxime groups is 1. The molecule has 3 heteroatoms. The van der Waals surface area contributed by atoms with Crippen LogP contribution in [-0.4, -0.2) is 25.0 Å². The van der Waals surface area contributed by atoms with Crippen molar-refractivity contribution >= 4 is 5.71 Å². The number of hydrogen-bond donors (Lipinski definition) is 0. The van der Waals surface area contributed by atoms with Gasteiger partial charge in [0, 0.05) is 17.9 Å². The lowest BCUT2D eigenvalue weighted by Crippen LogP contribution is -2.56. The lowest BCUT2D eigenvalue weighted by Gasteiger charge is -2.47. The first-order chi connectivity index (χ1) is 6.18. The van der Waals surface area contributed by atoms with E-state index in [1.807, 2.05) is 6.92 Å². The molecule has 3 nitrogen and oxygen atoms in total. The zero-order valence-electron chi connectivity index (χ0n) is 8.54. The van der Waals surface area contributed by atoms with E-state index in [0.29, 0.717) is 18.6 Å². The zero-order chi connectivity index (χ0) is 9.47. The molecule has 1 heterocycles. The molecule has 1 aliphatic carbocycles. The monoisotopic (exact) mass is 183 g/mol. The number of rotatable bonds is 2. The molecule has 2 fully saturated rings. The van der Waals surface area contributed by atoms with E-state index in [1.54, 1.807) is 0 Å². The Morgan fingerprint density at radius 3 is 3.08 bits per heavy atom. The molecule has 0 bridgehead atoms. The first-order valence-electron chi connectivity index (χ1n) is 5.00. The second kappa shape index (κ2) is 2.98. The second-order valence-corrected chi connectivity index (χ2v) is 4.30. The Morgan fingerprint density at radius 2 is 2.38 bits per heavy atom. The first kappa shape index (κ1) is 9.00. The van der Waals surface area contributed by atoms with Gasteiger partial charge in [0.15, 0.2) is 0 Å². The summed E-state index contributed by atoms with van der Waals surface area (Å²) in [5.74, 6) is 0.529. The third-order valence-electron chi connectivity index (χ3n) is 3.11. The molecule has 0 spiro atoms. The third kappa shape index (κ3) is 1.17. The van der Waals surface area contributed by atoms with Crippen LogP contribution in [0.25, 0.3) is 0 Å². The number of hydrogen-bond acceptors (Lipinski definition) is 3. The van der Waals surface area contributed by atoms with Crippen LogP contribution >= 0.6 is 0 Å². The van der Waals surface area contributed by atoms with Gasteiger partial charge in [-0.25, -0.2) is 0 Å². The Bertz CT molecular complexity index is 235. The lowest BCUT2D eigenvalue weighted by atomic mass is 9.60. The predicted octanol–water partition coefficient (Wildman–Crippen LogP) is 1.82. The Balaban J connectivity index is 2.11. The van der Waals surface area contributed by atoms with E-state index in [9.17, 15) is 0 Å². The van der Waals surface area contributed by atoms with Gasteiger partial charge in [-0.1, -0.05) is 19.0 Å². The Kier molecular flexibility index (Phi) is 2.06. The van der Waals surface area contributed by atoms with Gasteiger partial charge in [-0.2, -0.15) is 0 Å². The maximum absolute atomic E-state index is 5.64. The summed E-state index contributed by atoms with van der Waals surface area (Å²) in [6.45, 7) is 7.84. The van der Waals surface area contributed by atoms with E-state index in [4.69, 9.17) is 9.57 Å². The van der Waals surface area contributed by atoms with Crippen LogP contribution in [0.2, 0.25) is 0 Å². The molecule has 2 unspecified atom stereocenters. The smallest absolute Gasteiger partial charge is 0.114 e. The molecule has 0 aromatic carbocycles. The average Bonchev–Trinajstić information content (AvgIpc) is 2.51. The van der Waals surface area contributed by atoms with Crippen molar-refractivity contribution in [3.8, 4) is 0 Å². The normalized spacial score (nSPS) is 38.5. The van der Waals surface area contributed by atoms with Crippen LogP contribution in [0.1, 0.15) is 27.2 Å². The van der Waals surface area contributed by atoms with Crippen molar-refractivity contribution in [3.63, 3.8) is 0 Å². The van der Waals surface area contributed by atoms with Crippen molar-refractivity contribution in [2.45, 2.75) is 33.3 Å². The summed E-state index contributed by atoms with van der Waals surface area (Å²) in [6.07, 6.45) is 1.49. The Morgan fingerprint density at radius 1 is 1.62 bits per heavy atom. The van der Waals surface area contributed by atoms with E-state index in [0.717, 1.165) is 13.0 Å². The van der Waals surface area contributed by atoms with E-state index in [-0.39, 0.29) is 5.41 Å². The number of ether oxygens (including phenoxy) is 1. The van der Waals surface area contributed by atoms with Crippen LogP contribution < -0.4 is 0 Å². The first-order valence-corrected chi connectivity index (χ1v) is 5.00. The van der Waals surface area contributed by atoms with Crippen LogP contribution in [0.5, 0.6) is 0 Å². The summed E-state index contributed by atoms with van der Waals surface area (Å²) in [5, 5.41) is 4.18. The second-order valence-electron chi connectivity index (χ2n) is 4.30. The minimum atomic E-state index is 0.0936. The molecule has 2 aliphatic rings. The quantitative estimate of drug-likeness (QED) is 0.611. The van der Waals surface area contributed by atoms with E-state index in [2.05, 4.69) is 19.0 Å². The predicted molar refractivity (Wildman–Crippen MR) is 50.7 cm³/mol. The molecule has 13 heavy (non-hydrogen) atoms. The van der Waals surface area contributed by atoms with E-state index >= 15 is 0 Å². The fourth-order valence-corrected chi connectivity index (χ4v) is 2.43. The van der Waals surface area contributed by atoms with Crippen LogP contribution in [0.4, 0.5) is 0 Å². The summed E-state index contributed by atoms with van der Waals surface area (Å²) < 4.78 is 5.64. The van der Waals surface area contributed by atoms with Gasteiger partial charge in [0.2, 0.25) is 0 Å². The molecule has 0 aromatic rings. The van der Waals surface area contributed by atoms with Gasteiger partial charge >= 0.3 is 0 Å². The minimum Gasteiger partial charge on any atom is -0.396 e. The molecule has 0 amide bonds. The van der Waals surface area contributed by atoms with Crippen LogP contribution in [0.15, 0.2) is 5.16 Å². The molecule has 1 aliphatic heterocycles. The van der Waals surface area contributed by atoms with E-state index < -0.39 is 0 Å². The summed E-state index contributed by atoms with van der Waals surface area (Å²) in [6, 6.07) is 0. The standard InChI is InChI=1S/C10H17NO2/c1-4-13-11-8-7-5-6-12-9(7)10(8,2)3/h7,9H,4-6H2,1-3H3/b11-8-. The molecule has 2 rings (SSSR count). The highest BCUT2D eigenvalue weighted by atomic mass is 16.6. The topological polar surface area (TPSA) is 30.8 Å². The van der Waals surface area contributed by atoms with Gasteiger partial charge in [-0.15, -0.1) is 0 Å². The van der Waals surface area contributed by atoms with Crippen molar-refractivity contribution < 1.29 is 9.57 Å². The van der Waals surface area contributed by atoms with Crippen molar-refractivity contribution in [1.29, 1.82) is 0 Å². The molecule has 0 N–H and O–H groups in total. The van der Waals surface area contributed by atoms with Gasteiger partial charge in [-0.05, 0) is 13.3 Å². The SMILES string of the molecule is CCO/N=C1/C2CCOC2C1(C)C. The summed E-state index contributed by atoms with van der Waals surface area (Å²) >= 11 is 0. The zero-order valence-corrected chi connectivity index (χ0v) is 8.54. The van der Waals surface area contributed by atoms with Crippen LogP contribution in [-0.2, 0) is 9.57 Å². The largest absolute Gasteiger partial charge is 0.396 e. The summed E-state index contributed by atoms with van der Waals surface area (Å²) in [4.78, 5) is 5.11. The van der Waals surface area contributed by atoms with Crippen molar-refractivity contribution in [3.05, 3.63) is 0 Å². The Labute approximate surface area is 79.1 Å². The molecule has 0 aromatic heterocycles. The fourth-order valence-electron chi connectivity index (χ4n) is 2.43. The van der Waals surface area contributed by atoms with Gasteiger partial charge in [-0.3, -0.25) is 0 Å². The molecular formula is C10H17NO2. The molecule has 1 saturated carbocycles. The average molecular weight is 183 g/mol. The molecule has 74 valence electrons.